The standard InChI is InChI=1S/C20H28O6/c1-4-5-6-16-8-10-17(11-9-16)23-20(22)25-26-24-19(21)18-12-7-14(2)13-15(18)3/h7,12-13,16-17H,4-6,8-11H2,1-3H3. The fourth-order valence-electron chi connectivity index (χ4n) is 3.35. The van der Waals surface area contributed by atoms with Crippen LogP contribution in [0, 0.1) is 19.8 Å². The summed E-state index contributed by atoms with van der Waals surface area (Å²) in [5.41, 5.74) is 2.13. The molecule has 0 spiro atoms. The maximum absolute atomic E-state index is 11.9. The SMILES string of the molecule is CCCCC1CCC(OC(=O)OOOC(=O)c2ccc(C)cc2C)CC1. The Morgan fingerprint density at radius 3 is 2.46 bits per heavy atom. The number of carbonyl (C=O) groups is 2. The molecule has 1 aliphatic carbocycles. The molecular weight excluding hydrogens is 336 g/mol. The smallest absolute Gasteiger partial charge is 0.429 e. The van der Waals surface area contributed by atoms with Gasteiger partial charge in [0.15, 0.2) is 0 Å². The average molecular weight is 364 g/mol. The summed E-state index contributed by atoms with van der Waals surface area (Å²) in [5, 5.41) is 4.29. The van der Waals surface area contributed by atoms with Gasteiger partial charge in [-0.25, -0.2) is 14.5 Å². The van der Waals surface area contributed by atoms with Crippen LogP contribution in [-0.2, 0) is 19.6 Å². The second kappa shape index (κ2) is 10.2. The summed E-state index contributed by atoms with van der Waals surface area (Å²) >= 11 is 0. The highest BCUT2D eigenvalue weighted by atomic mass is 17.5. The Balaban J connectivity index is 1.65. The first-order valence-corrected chi connectivity index (χ1v) is 9.33. The van der Waals surface area contributed by atoms with Crippen molar-refractivity contribution >= 4 is 12.1 Å². The monoisotopic (exact) mass is 364 g/mol. The molecule has 0 bridgehead atoms. The van der Waals surface area contributed by atoms with Crippen molar-refractivity contribution in [2.75, 3.05) is 0 Å². The second-order valence-electron chi connectivity index (χ2n) is 6.99. The van der Waals surface area contributed by atoms with E-state index in [4.69, 9.17) is 4.74 Å². The maximum Gasteiger partial charge on any atom is 0.543 e. The van der Waals surface area contributed by atoms with E-state index in [2.05, 4.69) is 21.7 Å². The summed E-state index contributed by atoms with van der Waals surface area (Å²) in [6, 6.07) is 5.27. The number of carbonyl (C=O) groups excluding carboxylic acids is 2. The van der Waals surface area contributed by atoms with Crippen LogP contribution in [0.15, 0.2) is 18.2 Å². The third kappa shape index (κ3) is 6.33. The minimum atomic E-state index is -0.990. The van der Waals surface area contributed by atoms with E-state index < -0.39 is 12.1 Å². The van der Waals surface area contributed by atoms with Crippen LogP contribution in [0.1, 0.15) is 73.4 Å². The number of rotatable bonds is 7. The van der Waals surface area contributed by atoms with Gasteiger partial charge in [-0.1, -0.05) is 43.9 Å². The van der Waals surface area contributed by atoms with Crippen molar-refractivity contribution in [3.05, 3.63) is 34.9 Å². The summed E-state index contributed by atoms with van der Waals surface area (Å²) < 4.78 is 5.19. The Morgan fingerprint density at radius 2 is 1.81 bits per heavy atom. The Morgan fingerprint density at radius 1 is 1.08 bits per heavy atom. The zero-order valence-electron chi connectivity index (χ0n) is 15.8. The van der Waals surface area contributed by atoms with Crippen LogP contribution >= 0.6 is 0 Å². The predicted molar refractivity (Wildman–Crippen MR) is 95.3 cm³/mol. The molecule has 0 N–H and O–H groups in total. The average Bonchev–Trinajstić information content (AvgIpc) is 2.61. The van der Waals surface area contributed by atoms with Crippen LogP contribution in [0.4, 0.5) is 4.79 Å². The number of hydrogen-bond acceptors (Lipinski definition) is 6. The highest BCUT2D eigenvalue weighted by Crippen LogP contribution is 2.29. The normalized spacial score (nSPS) is 19.7. The molecule has 1 aliphatic rings. The molecule has 1 saturated carbocycles. The van der Waals surface area contributed by atoms with E-state index in [0.717, 1.165) is 42.7 Å². The van der Waals surface area contributed by atoms with Crippen molar-refractivity contribution in [3.8, 4) is 0 Å². The second-order valence-corrected chi connectivity index (χ2v) is 6.99. The van der Waals surface area contributed by atoms with Gasteiger partial charge in [0.1, 0.15) is 6.10 Å². The Kier molecular flexibility index (Phi) is 7.91. The van der Waals surface area contributed by atoms with Crippen LogP contribution in [0.5, 0.6) is 0 Å². The van der Waals surface area contributed by atoms with E-state index in [9.17, 15) is 9.59 Å². The molecule has 26 heavy (non-hydrogen) atoms. The van der Waals surface area contributed by atoms with Gasteiger partial charge < -0.3 is 4.74 Å². The van der Waals surface area contributed by atoms with Gasteiger partial charge in [-0.05, 0) is 57.1 Å². The minimum Gasteiger partial charge on any atom is -0.429 e. The van der Waals surface area contributed by atoms with Crippen LogP contribution in [0.25, 0.3) is 0 Å². The molecule has 0 radical (unpaired) electrons. The van der Waals surface area contributed by atoms with Gasteiger partial charge in [0.2, 0.25) is 0 Å². The van der Waals surface area contributed by atoms with Crippen LogP contribution in [0.2, 0.25) is 0 Å². The summed E-state index contributed by atoms with van der Waals surface area (Å²) in [6.45, 7) is 5.91. The number of aryl methyl sites for hydroxylation is 2. The molecular formula is C20H28O6. The molecule has 0 heterocycles. The van der Waals surface area contributed by atoms with E-state index in [1.807, 2.05) is 13.0 Å². The molecule has 1 fully saturated rings. The van der Waals surface area contributed by atoms with Gasteiger partial charge >= 0.3 is 12.1 Å². The largest absolute Gasteiger partial charge is 0.543 e. The van der Waals surface area contributed by atoms with Gasteiger partial charge in [0, 0.05) is 0 Å². The fourth-order valence-corrected chi connectivity index (χ4v) is 3.35. The molecule has 0 aromatic heterocycles. The molecule has 2 rings (SSSR count). The van der Waals surface area contributed by atoms with E-state index in [0.29, 0.717) is 5.56 Å². The number of ether oxygens (including phenoxy) is 1. The fraction of sp³-hybridized carbons (Fsp3) is 0.600. The van der Waals surface area contributed by atoms with Crippen molar-refractivity contribution in [2.45, 2.75) is 71.8 Å². The van der Waals surface area contributed by atoms with Gasteiger partial charge in [-0.15, -0.1) is 0 Å². The molecule has 6 nitrogen and oxygen atoms in total. The Bertz CT molecular complexity index is 604. The minimum absolute atomic E-state index is 0.168. The number of unbranched alkanes of at least 4 members (excludes halogenated alkanes) is 1. The molecule has 0 saturated heterocycles. The summed E-state index contributed by atoms with van der Waals surface area (Å²) in [6.07, 6.45) is 6.30. The lowest BCUT2D eigenvalue weighted by atomic mass is 9.84. The highest BCUT2D eigenvalue weighted by Gasteiger charge is 2.25. The molecule has 6 heteroatoms. The summed E-state index contributed by atoms with van der Waals surface area (Å²) in [5.74, 6) is -0.00694. The first-order valence-electron chi connectivity index (χ1n) is 9.33. The van der Waals surface area contributed by atoms with Gasteiger partial charge in [-0.2, -0.15) is 0 Å². The molecule has 1 aromatic carbocycles. The molecule has 144 valence electrons. The number of hydrogen-bond donors (Lipinski definition) is 0. The van der Waals surface area contributed by atoms with Crippen LogP contribution < -0.4 is 0 Å². The van der Waals surface area contributed by atoms with E-state index in [-0.39, 0.29) is 6.10 Å². The molecule has 0 atom stereocenters. The van der Waals surface area contributed by atoms with Gasteiger partial charge in [0.25, 0.3) is 0 Å². The first kappa shape index (κ1) is 20.2. The predicted octanol–water partition coefficient (Wildman–Crippen LogP) is 5.21. The van der Waals surface area contributed by atoms with Crippen molar-refractivity contribution in [1.29, 1.82) is 0 Å². The quantitative estimate of drug-likeness (QED) is 0.376. The van der Waals surface area contributed by atoms with Gasteiger partial charge in [0.05, 0.1) is 10.6 Å². The zero-order chi connectivity index (χ0) is 18.9. The van der Waals surface area contributed by atoms with Crippen molar-refractivity contribution in [2.24, 2.45) is 5.92 Å². The van der Waals surface area contributed by atoms with Crippen LogP contribution in [0.3, 0.4) is 0 Å². The molecule has 1 aromatic rings. The van der Waals surface area contributed by atoms with Crippen molar-refractivity contribution in [1.82, 2.24) is 0 Å². The van der Waals surface area contributed by atoms with E-state index in [1.54, 1.807) is 19.1 Å². The van der Waals surface area contributed by atoms with Crippen molar-refractivity contribution in [3.63, 3.8) is 0 Å². The molecule has 0 amide bonds. The van der Waals surface area contributed by atoms with Crippen molar-refractivity contribution < 1.29 is 29.1 Å². The maximum atomic E-state index is 11.9. The summed E-state index contributed by atoms with van der Waals surface area (Å²) in [7, 11) is 0. The lowest BCUT2D eigenvalue weighted by molar-refractivity contribution is -0.453. The lowest BCUT2D eigenvalue weighted by Crippen LogP contribution is -2.25. The van der Waals surface area contributed by atoms with E-state index >= 15 is 0 Å². The lowest BCUT2D eigenvalue weighted by Gasteiger charge is -2.27. The third-order valence-corrected chi connectivity index (χ3v) is 4.84. The zero-order valence-corrected chi connectivity index (χ0v) is 15.8. The van der Waals surface area contributed by atoms with Gasteiger partial charge in [-0.3, -0.25) is 4.89 Å². The molecule has 0 unspecified atom stereocenters. The first-order chi connectivity index (χ1) is 12.5. The third-order valence-electron chi connectivity index (χ3n) is 4.84. The summed E-state index contributed by atoms with van der Waals surface area (Å²) in [4.78, 5) is 32.4. The number of benzene rings is 1. The van der Waals surface area contributed by atoms with E-state index in [1.165, 1.54) is 19.3 Å². The Labute approximate surface area is 154 Å². The molecule has 0 aliphatic heterocycles. The topological polar surface area (TPSA) is 71.1 Å². The van der Waals surface area contributed by atoms with Crippen LogP contribution in [-0.4, -0.2) is 18.2 Å². The highest BCUT2D eigenvalue weighted by molar-refractivity contribution is 5.90. The Hall–Kier alpha value is -2.08.